The van der Waals surface area contributed by atoms with Crippen molar-refractivity contribution in [3.05, 3.63) is 77.6 Å². The quantitative estimate of drug-likeness (QED) is 0.488. The number of nitrogens with zero attached hydrogens (tertiary/aromatic N) is 3. The third-order valence-electron chi connectivity index (χ3n) is 4.71. The molecule has 0 aliphatic rings. The molecule has 0 fully saturated rings. The fraction of sp³-hybridized carbons (Fsp3) is 0.273. The highest BCUT2D eigenvalue weighted by atomic mass is 32.2. The molecule has 3 rings (SSSR count). The molecule has 0 spiro atoms. The van der Waals surface area contributed by atoms with Gasteiger partial charge in [0.25, 0.3) is 0 Å². The first-order valence-electron chi connectivity index (χ1n) is 9.72. The molecule has 1 aromatic heterocycles. The Kier molecular flexibility index (Phi) is 7.62. The molecule has 156 valence electrons. The Bertz CT molecular complexity index is 936. The van der Waals surface area contributed by atoms with Gasteiger partial charge in [-0.25, -0.2) is 0 Å². The Morgan fingerprint density at radius 2 is 1.63 bits per heavy atom. The van der Waals surface area contributed by atoms with Crippen molar-refractivity contribution in [3.8, 4) is 0 Å². The predicted octanol–water partition coefficient (Wildman–Crippen LogP) is 2.50. The summed E-state index contributed by atoms with van der Waals surface area (Å²) < 4.78 is 1.61. The van der Waals surface area contributed by atoms with Crippen LogP contribution in [0, 0.1) is 6.92 Å². The molecule has 0 bridgehead atoms. The molecular weight excluding hydrogens is 398 g/mol. The standard InChI is InChI=1S/C22H25N5O2S/c1-16-25-26-22(27(16)14-20(23)28)30-15-21(29)24-13-12-19(17-8-4-2-5-9-17)18-10-6-3-7-11-18/h2-11,19H,12-15H2,1H3,(H2,23,28)(H,24,29). The van der Waals surface area contributed by atoms with Crippen LogP contribution in [0.1, 0.15) is 29.3 Å². The second-order valence-corrected chi connectivity index (χ2v) is 7.83. The van der Waals surface area contributed by atoms with Gasteiger partial charge in [0, 0.05) is 12.5 Å². The summed E-state index contributed by atoms with van der Waals surface area (Å²) in [6.07, 6.45) is 0.793. The topological polar surface area (TPSA) is 103 Å². The maximum atomic E-state index is 12.3. The lowest BCUT2D eigenvalue weighted by Gasteiger charge is -2.18. The predicted molar refractivity (Wildman–Crippen MR) is 117 cm³/mol. The van der Waals surface area contributed by atoms with Crippen molar-refractivity contribution in [3.63, 3.8) is 0 Å². The van der Waals surface area contributed by atoms with E-state index in [0.717, 1.165) is 6.42 Å². The molecule has 1 heterocycles. The van der Waals surface area contributed by atoms with Crippen LogP contribution in [-0.2, 0) is 16.1 Å². The van der Waals surface area contributed by atoms with Crippen molar-refractivity contribution in [2.75, 3.05) is 12.3 Å². The van der Waals surface area contributed by atoms with E-state index in [-0.39, 0.29) is 24.1 Å². The van der Waals surface area contributed by atoms with Crippen LogP contribution in [0.15, 0.2) is 65.8 Å². The van der Waals surface area contributed by atoms with Gasteiger partial charge in [-0.2, -0.15) is 0 Å². The van der Waals surface area contributed by atoms with E-state index < -0.39 is 5.91 Å². The van der Waals surface area contributed by atoms with E-state index in [1.165, 1.54) is 22.9 Å². The number of carbonyl (C=O) groups excluding carboxylic acids is 2. The number of aromatic nitrogens is 3. The fourth-order valence-electron chi connectivity index (χ4n) is 3.24. The van der Waals surface area contributed by atoms with Crippen molar-refractivity contribution in [2.24, 2.45) is 5.73 Å². The average molecular weight is 424 g/mol. The van der Waals surface area contributed by atoms with E-state index in [9.17, 15) is 9.59 Å². The summed E-state index contributed by atoms with van der Waals surface area (Å²) in [5.74, 6) is 0.424. The van der Waals surface area contributed by atoms with Crippen molar-refractivity contribution >= 4 is 23.6 Å². The number of benzene rings is 2. The molecule has 0 atom stereocenters. The minimum absolute atomic E-state index is 0.00137. The Morgan fingerprint density at radius 1 is 1.03 bits per heavy atom. The third-order valence-corrected chi connectivity index (χ3v) is 5.67. The van der Waals surface area contributed by atoms with Crippen LogP contribution in [0.3, 0.4) is 0 Å². The average Bonchev–Trinajstić information content (AvgIpc) is 3.10. The second kappa shape index (κ2) is 10.6. The van der Waals surface area contributed by atoms with Gasteiger partial charge in [-0.05, 0) is 24.5 Å². The molecule has 3 N–H and O–H groups in total. The highest BCUT2D eigenvalue weighted by molar-refractivity contribution is 7.99. The Balaban J connectivity index is 1.55. The molecule has 30 heavy (non-hydrogen) atoms. The first-order chi connectivity index (χ1) is 14.5. The number of primary amides is 1. The largest absolute Gasteiger partial charge is 0.368 e. The van der Waals surface area contributed by atoms with E-state index in [2.05, 4.69) is 39.8 Å². The molecule has 0 radical (unpaired) electrons. The van der Waals surface area contributed by atoms with Crippen LogP contribution >= 0.6 is 11.8 Å². The number of hydrogen-bond acceptors (Lipinski definition) is 5. The first-order valence-corrected chi connectivity index (χ1v) is 10.7. The maximum absolute atomic E-state index is 12.3. The molecule has 8 heteroatoms. The van der Waals surface area contributed by atoms with Gasteiger partial charge in [-0.1, -0.05) is 72.4 Å². The van der Waals surface area contributed by atoms with Gasteiger partial charge in [-0.3, -0.25) is 14.2 Å². The van der Waals surface area contributed by atoms with Crippen LogP contribution in [0.25, 0.3) is 0 Å². The maximum Gasteiger partial charge on any atom is 0.237 e. The van der Waals surface area contributed by atoms with E-state index in [1.54, 1.807) is 11.5 Å². The summed E-state index contributed by atoms with van der Waals surface area (Å²) in [4.78, 5) is 23.5. The van der Waals surface area contributed by atoms with Crippen LogP contribution < -0.4 is 11.1 Å². The second-order valence-electron chi connectivity index (χ2n) is 6.88. The zero-order chi connectivity index (χ0) is 21.3. The molecule has 3 aromatic rings. The summed E-state index contributed by atoms with van der Waals surface area (Å²) in [5.41, 5.74) is 7.71. The van der Waals surface area contributed by atoms with Crippen molar-refractivity contribution in [1.29, 1.82) is 0 Å². The van der Waals surface area contributed by atoms with Crippen molar-refractivity contribution < 1.29 is 9.59 Å². The number of amides is 2. The van der Waals surface area contributed by atoms with Gasteiger partial charge < -0.3 is 11.1 Å². The minimum atomic E-state index is -0.475. The lowest BCUT2D eigenvalue weighted by Crippen LogP contribution is -2.27. The number of hydrogen-bond donors (Lipinski definition) is 2. The zero-order valence-corrected chi connectivity index (χ0v) is 17.6. The Hall–Kier alpha value is -3.13. The summed E-state index contributed by atoms with van der Waals surface area (Å²) in [7, 11) is 0. The molecular formula is C22H25N5O2S. The van der Waals surface area contributed by atoms with Gasteiger partial charge >= 0.3 is 0 Å². The number of aryl methyl sites for hydroxylation is 1. The molecule has 0 saturated heterocycles. The van der Waals surface area contributed by atoms with Gasteiger partial charge in [0.2, 0.25) is 11.8 Å². The molecule has 0 aliphatic carbocycles. The lowest BCUT2D eigenvalue weighted by atomic mass is 9.88. The minimum Gasteiger partial charge on any atom is -0.368 e. The van der Waals surface area contributed by atoms with Crippen LogP contribution in [0.4, 0.5) is 0 Å². The summed E-state index contributed by atoms with van der Waals surface area (Å²) in [5, 5.41) is 11.5. The number of nitrogens with two attached hydrogens (primary N) is 1. The molecule has 7 nitrogen and oxygen atoms in total. The van der Waals surface area contributed by atoms with Crippen molar-refractivity contribution in [2.45, 2.75) is 31.0 Å². The summed E-state index contributed by atoms with van der Waals surface area (Å²) in [6, 6.07) is 20.6. The highest BCUT2D eigenvalue weighted by Crippen LogP contribution is 2.27. The molecule has 0 saturated carbocycles. The highest BCUT2D eigenvalue weighted by Gasteiger charge is 2.16. The van der Waals surface area contributed by atoms with E-state index >= 15 is 0 Å². The number of carbonyl (C=O) groups is 2. The van der Waals surface area contributed by atoms with Crippen LogP contribution in [-0.4, -0.2) is 38.9 Å². The number of nitrogens with one attached hydrogen (secondary N) is 1. The fourth-order valence-corrected chi connectivity index (χ4v) is 4.05. The first kappa shape index (κ1) is 21.6. The monoisotopic (exact) mass is 423 g/mol. The van der Waals surface area contributed by atoms with Crippen LogP contribution in [0.5, 0.6) is 0 Å². The van der Waals surface area contributed by atoms with E-state index in [4.69, 9.17) is 5.73 Å². The summed E-state index contributed by atoms with van der Waals surface area (Å²) >= 11 is 1.24. The molecule has 0 unspecified atom stereocenters. The van der Waals surface area contributed by atoms with Crippen LogP contribution in [0.2, 0.25) is 0 Å². The zero-order valence-electron chi connectivity index (χ0n) is 16.8. The number of thioether (sulfide) groups is 1. The van der Waals surface area contributed by atoms with Gasteiger partial charge in [-0.15, -0.1) is 10.2 Å². The molecule has 2 amide bonds. The Labute approximate surface area is 180 Å². The number of rotatable bonds is 10. The molecule has 0 aliphatic heterocycles. The Morgan fingerprint density at radius 3 is 2.20 bits per heavy atom. The summed E-state index contributed by atoms with van der Waals surface area (Å²) in [6.45, 7) is 2.30. The third kappa shape index (κ3) is 5.93. The van der Waals surface area contributed by atoms with Gasteiger partial charge in [0.1, 0.15) is 12.4 Å². The van der Waals surface area contributed by atoms with E-state index in [1.807, 2.05) is 36.4 Å². The van der Waals surface area contributed by atoms with Crippen molar-refractivity contribution in [1.82, 2.24) is 20.1 Å². The van der Waals surface area contributed by atoms with Gasteiger partial charge in [0.15, 0.2) is 5.16 Å². The SMILES string of the molecule is Cc1nnc(SCC(=O)NCCC(c2ccccc2)c2ccccc2)n1CC(N)=O. The smallest absolute Gasteiger partial charge is 0.237 e. The normalized spacial score (nSPS) is 10.9. The van der Waals surface area contributed by atoms with E-state index in [0.29, 0.717) is 17.5 Å². The molecule has 2 aromatic carbocycles. The lowest BCUT2D eigenvalue weighted by molar-refractivity contribution is -0.119. The van der Waals surface area contributed by atoms with Gasteiger partial charge in [0.05, 0.1) is 5.75 Å².